The van der Waals surface area contributed by atoms with Gasteiger partial charge in [-0.05, 0) is 39.3 Å². The third kappa shape index (κ3) is 33.6. The Morgan fingerprint density at radius 1 is 0.519 bits per heavy atom. The number of nitrogens with one attached hydrogen (secondary N) is 5. The molecule has 0 radical (unpaired) electrons. The molecule has 0 aromatic heterocycles. The minimum atomic E-state index is -1.31. The van der Waals surface area contributed by atoms with Gasteiger partial charge in [-0.2, -0.15) is 0 Å². The Morgan fingerprint density at radius 2 is 0.889 bits per heavy atom. The summed E-state index contributed by atoms with van der Waals surface area (Å²) in [6.45, 7) is 4.77. The van der Waals surface area contributed by atoms with Gasteiger partial charge in [0.15, 0.2) is 6.17 Å². The van der Waals surface area contributed by atoms with E-state index in [-0.39, 0.29) is 30.4 Å². The number of allylic oxidation sites excluding steroid dienone is 1. The summed E-state index contributed by atoms with van der Waals surface area (Å²) in [7, 11) is 1.82. The Hall–Kier alpha value is -2.95. The van der Waals surface area contributed by atoms with Crippen LogP contribution in [-0.4, -0.2) is 55.8 Å². The minimum Gasteiger partial charge on any atom is -0.364 e. The van der Waals surface area contributed by atoms with E-state index in [1.165, 1.54) is 116 Å². The topological polar surface area (TPSA) is 172 Å². The number of nitrogens with two attached hydrogens (primary N) is 1. The highest BCUT2D eigenvalue weighted by atomic mass is 16.2. The molecule has 54 heavy (non-hydrogen) atoms. The first-order valence-electron chi connectivity index (χ1n) is 22.1. The fourth-order valence-electron chi connectivity index (χ4n) is 6.44. The molecule has 11 nitrogen and oxygen atoms in total. The van der Waals surface area contributed by atoms with Crippen LogP contribution in [-0.2, 0) is 24.0 Å². The molecule has 7 N–H and O–H groups in total. The molecule has 0 aromatic rings. The summed E-state index contributed by atoms with van der Waals surface area (Å²) < 4.78 is 0. The molecule has 0 aliphatic rings. The summed E-state index contributed by atoms with van der Waals surface area (Å²) in [6, 6.07) is 0. The van der Waals surface area contributed by atoms with Crippen molar-refractivity contribution in [1.82, 2.24) is 26.6 Å². The van der Waals surface area contributed by atoms with Gasteiger partial charge in [-0.15, -0.1) is 0 Å². The molecule has 0 bridgehead atoms. The third-order valence-electron chi connectivity index (χ3n) is 9.83. The fraction of sp³-hybridized carbons (Fsp3) is 0.837. The molecule has 0 atom stereocenters. The molecule has 0 aromatic carbocycles. The Kier molecular flexibility index (Phi) is 36.2. The van der Waals surface area contributed by atoms with E-state index in [1.54, 1.807) is 6.08 Å². The van der Waals surface area contributed by atoms with Crippen LogP contribution in [0.4, 0.5) is 0 Å². The SMILES string of the molecule is CCCCCCCCCCCCCCCC(=O)NC(NC(=O)CCCCCCCCCCCCCCC)C(=O)NCC(=O)N/C(=C/CCCNC)C(N)=O. The molecule has 314 valence electrons. The predicted molar refractivity (Wildman–Crippen MR) is 222 cm³/mol. The van der Waals surface area contributed by atoms with E-state index < -0.39 is 30.4 Å². The predicted octanol–water partition coefficient (Wildman–Crippen LogP) is 8.11. The lowest BCUT2D eigenvalue weighted by Gasteiger charge is -2.20. The van der Waals surface area contributed by atoms with E-state index in [4.69, 9.17) is 5.73 Å². The molecule has 0 aliphatic carbocycles. The maximum atomic E-state index is 13.1. The molecule has 0 rings (SSSR count). The Bertz CT molecular complexity index is 961. The zero-order chi connectivity index (χ0) is 39.9. The van der Waals surface area contributed by atoms with Crippen LogP contribution in [0.5, 0.6) is 0 Å². The van der Waals surface area contributed by atoms with Crippen LogP contribution in [0.15, 0.2) is 11.8 Å². The molecule has 0 spiro atoms. The number of carbonyl (C=O) groups excluding carboxylic acids is 5. The minimum absolute atomic E-state index is 0.0425. The molecular formula is C43H82N6O5. The van der Waals surface area contributed by atoms with Gasteiger partial charge in [-0.25, -0.2) is 0 Å². The van der Waals surface area contributed by atoms with Crippen LogP contribution in [0.1, 0.15) is 206 Å². The first kappa shape index (κ1) is 51.0. The summed E-state index contributed by atoms with van der Waals surface area (Å²) in [4.78, 5) is 63.2. The van der Waals surface area contributed by atoms with Crippen LogP contribution in [0.2, 0.25) is 0 Å². The number of carbonyl (C=O) groups is 5. The van der Waals surface area contributed by atoms with Gasteiger partial charge in [0, 0.05) is 12.8 Å². The van der Waals surface area contributed by atoms with E-state index in [9.17, 15) is 24.0 Å². The van der Waals surface area contributed by atoms with Crippen LogP contribution in [0.3, 0.4) is 0 Å². The highest BCUT2D eigenvalue weighted by Crippen LogP contribution is 2.14. The van der Waals surface area contributed by atoms with Crippen molar-refractivity contribution >= 4 is 29.5 Å². The Balaban J connectivity index is 4.71. The summed E-state index contributed by atoms with van der Waals surface area (Å²) >= 11 is 0. The first-order chi connectivity index (χ1) is 26.2. The van der Waals surface area contributed by atoms with Crippen molar-refractivity contribution in [2.45, 2.75) is 213 Å². The van der Waals surface area contributed by atoms with E-state index in [1.807, 2.05) is 7.05 Å². The Labute approximate surface area is 329 Å². The van der Waals surface area contributed by atoms with Gasteiger partial charge in [0.05, 0.1) is 6.54 Å². The van der Waals surface area contributed by atoms with Gasteiger partial charge >= 0.3 is 0 Å². The fourth-order valence-corrected chi connectivity index (χ4v) is 6.44. The van der Waals surface area contributed by atoms with Crippen molar-refractivity contribution in [2.75, 3.05) is 20.1 Å². The molecule has 0 fully saturated rings. The standard InChI is InChI=1S/C43H82N6O5/c1-4-6-8-10-12-14-16-18-20-22-24-26-28-33-38(50)48-42(43(54)46-36-40(52)47-37(41(44)53)32-30-31-35-45-3)49-39(51)34-29-27-25-23-21-19-17-15-13-11-9-7-5-2/h32,42,45H,4-31,33-36H2,1-3H3,(H2,44,53)(H,46,54)(H,47,52)(H,48,50)(H,49,51)/b37-32+. The molecule has 11 heteroatoms. The second-order valence-corrected chi connectivity index (χ2v) is 15.0. The molecule has 0 saturated carbocycles. The van der Waals surface area contributed by atoms with Crippen molar-refractivity contribution < 1.29 is 24.0 Å². The van der Waals surface area contributed by atoms with Crippen LogP contribution >= 0.6 is 0 Å². The zero-order valence-corrected chi connectivity index (χ0v) is 34.9. The maximum Gasteiger partial charge on any atom is 0.264 e. The first-order valence-corrected chi connectivity index (χ1v) is 22.1. The summed E-state index contributed by atoms with van der Waals surface area (Å²) in [5.41, 5.74) is 5.37. The van der Waals surface area contributed by atoms with E-state index in [0.717, 1.165) is 51.5 Å². The number of primary amides is 1. The van der Waals surface area contributed by atoms with E-state index >= 15 is 0 Å². The average molecular weight is 763 g/mol. The number of rotatable bonds is 39. The van der Waals surface area contributed by atoms with Gasteiger partial charge in [0.1, 0.15) is 5.70 Å². The lowest BCUT2D eigenvalue weighted by molar-refractivity contribution is -0.134. The molecule has 0 heterocycles. The van der Waals surface area contributed by atoms with Crippen molar-refractivity contribution in [3.63, 3.8) is 0 Å². The lowest BCUT2D eigenvalue weighted by atomic mass is 10.0. The largest absolute Gasteiger partial charge is 0.364 e. The zero-order valence-electron chi connectivity index (χ0n) is 34.9. The highest BCUT2D eigenvalue weighted by Gasteiger charge is 2.23. The number of hydrogen-bond donors (Lipinski definition) is 6. The van der Waals surface area contributed by atoms with Gasteiger partial charge in [0.25, 0.3) is 11.8 Å². The molecule has 0 saturated heterocycles. The quantitative estimate of drug-likeness (QED) is 0.0210. The summed E-state index contributed by atoms with van der Waals surface area (Å²) in [5, 5.41) is 13.2. The summed E-state index contributed by atoms with van der Waals surface area (Å²) in [5.74, 6) is -2.79. The maximum absolute atomic E-state index is 13.1. The van der Waals surface area contributed by atoms with Gasteiger partial charge in [0.2, 0.25) is 17.7 Å². The third-order valence-corrected chi connectivity index (χ3v) is 9.83. The monoisotopic (exact) mass is 763 g/mol. The van der Waals surface area contributed by atoms with Crippen molar-refractivity contribution in [3.8, 4) is 0 Å². The van der Waals surface area contributed by atoms with Crippen molar-refractivity contribution in [2.24, 2.45) is 5.73 Å². The van der Waals surface area contributed by atoms with E-state index in [0.29, 0.717) is 19.3 Å². The van der Waals surface area contributed by atoms with Crippen LogP contribution in [0, 0.1) is 0 Å². The van der Waals surface area contributed by atoms with Crippen molar-refractivity contribution in [3.05, 3.63) is 11.8 Å². The van der Waals surface area contributed by atoms with E-state index in [2.05, 4.69) is 40.4 Å². The van der Waals surface area contributed by atoms with Gasteiger partial charge < -0.3 is 32.3 Å². The smallest absolute Gasteiger partial charge is 0.264 e. The Morgan fingerprint density at radius 3 is 1.24 bits per heavy atom. The normalized spacial score (nSPS) is 11.4. The second-order valence-electron chi connectivity index (χ2n) is 15.0. The molecule has 0 aliphatic heterocycles. The second kappa shape index (κ2) is 38.3. The van der Waals surface area contributed by atoms with Gasteiger partial charge in [-0.1, -0.05) is 174 Å². The van der Waals surface area contributed by atoms with Crippen molar-refractivity contribution in [1.29, 1.82) is 0 Å². The number of unbranched alkanes of at least 4 members (excludes halogenated alkanes) is 25. The van der Waals surface area contributed by atoms with Crippen LogP contribution in [0.25, 0.3) is 0 Å². The average Bonchev–Trinajstić information content (AvgIpc) is 3.15. The lowest BCUT2D eigenvalue weighted by Crippen LogP contribution is -2.57. The van der Waals surface area contributed by atoms with Gasteiger partial charge in [-0.3, -0.25) is 24.0 Å². The molecule has 5 amide bonds. The number of amides is 5. The summed E-state index contributed by atoms with van der Waals surface area (Å²) in [6.07, 6.45) is 33.2. The molecule has 0 unspecified atom stereocenters. The number of hydrogen-bond acceptors (Lipinski definition) is 6. The van der Waals surface area contributed by atoms with Crippen LogP contribution < -0.4 is 32.3 Å². The molecular weight excluding hydrogens is 681 g/mol. The highest BCUT2D eigenvalue weighted by molar-refractivity contribution is 5.98.